The van der Waals surface area contributed by atoms with Crippen LogP contribution in [-0.2, 0) is 4.79 Å². The van der Waals surface area contributed by atoms with Crippen molar-refractivity contribution in [3.05, 3.63) is 29.8 Å². The Morgan fingerprint density at radius 3 is 2.78 bits per heavy atom. The predicted molar refractivity (Wildman–Crippen MR) is 74.0 cm³/mol. The van der Waals surface area contributed by atoms with Crippen LogP contribution in [0.25, 0.3) is 0 Å². The molecule has 96 valence electrons. The average Bonchev–Trinajstić information content (AvgIpc) is 2.91. The highest BCUT2D eigenvalue weighted by atomic mass is 16.1. The van der Waals surface area contributed by atoms with Gasteiger partial charge in [0.15, 0.2) is 0 Å². The molecule has 4 nitrogen and oxygen atoms in total. The fourth-order valence-corrected chi connectivity index (χ4v) is 1.86. The molecule has 1 heterocycles. The van der Waals surface area contributed by atoms with E-state index < -0.39 is 0 Å². The molecule has 0 radical (unpaired) electrons. The van der Waals surface area contributed by atoms with E-state index in [0.29, 0.717) is 6.42 Å². The Hall–Kier alpha value is -1.84. The second kappa shape index (κ2) is 6.19. The quantitative estimate of drug-likeness (QED) is 0.835. The van der Waals surface area contributed by atoms with Gasteiger partial charge in [-0.25, -0.2) is 0 Å². The maximum atomic E-state index is 11.6. The molecule has 0 saturated heterocycles. The number of hydrogen-bond donors (Lipinski definition) is 2. The van der Waals surface area contributed by atoms with Crippen molar-refractivity contribution in [1.82, 2.24) is 5.32 Å². The van der Waals surface area contributed by atoms with E-state index >= 15 is 0 Å². The summed E-state index contributed by atoms with van der Waals surface area (Å²) in [7, 11) is 0. The van der Waals surface area contributed by atoms with Crippen LogP contribution in [0.1, 0.15) is 31.7 Å². The zero-order valence-corrected chi connectivity index (χ0v) is 10.7. The number of nitrogens with zero attached hydrogens (tertiary/aromatic N) is 1. The first-order valence-corrected chi connectivity index (χ1v) is 6.48. The van der Waals surface area contributed by atoms with Gasteiger partial charge in [0, 0.05) is 24.2 Å². The van der Waals surface area contributed by atoms with Gasteiger partial charge in [-0.15, -0.1) is 0 Å². The van der Waals surface area contributed by atoms with E-state index in [1.807, 2.05) is 24.3 Å². The van der Waals surface area contributed by atoms with Crippen molar-refractivity contribution in [2.45, 2.75) is 26.2 Å². The number of nitrogens with one attached hydrogen (secondary N) is 2. The summed E-state index contributed by atoms with van der Waals surface area (Å²) in [4.78, 5) is 15.9. The standard InChI is InChI=1S/C14H19N3O/c1-2-3-4-13(18)17-12-7-5-11(6-8-12)14-15-9-10-16-14/h5-8H,2-4,9-10H2,1H3,(H,15,16)(H,17,18). The minimum atomic E-state index is 0.0842. The second-order valence-electron chi connectivity index (χ2n) is 4.39. The van der Waals surface area contributed by atoms with Crippen LogP contribution in [-0.4, -0.2) is 24.8 Å². The van der Waals surface area contributed by atoms with Crippen LogP contribution in [0, 0.1) is 0 Å². The van der Waals surface area contributed by atoms with Gasteiger partial charge in [-0.05, 0) is 30.7 Å². The maximum Gasteiger partial charge on any atom is 0.224 e. The molecule has 1 aliphatic rings. The van der Waals surface area contributed by atoms with Crippen LogP contribution in [0.2, 0.25) is 0 Å². The Morgan fingerprint density at radius 1 is 1.39 bits per heavy atom. The molecular formula is C14H19N3O. The smallest absolute Gasteiger partial charge is 0.224 e. The first kappa shape index (κ1) is 12.6. The zero-order chi connectivity index (χ0) is 12.8. The fraction of sp³-hybridized carbons (Fsp3) is 0.429. The topological polar surface area (TPSA) is 53.5 Å². The molecule has 0 fully saturated rings. The highest BCUT2D eigenvalue weighted by Crippen LogP contribution is 2.11. The fourth-order valence-electron chi connectivity index (χ4n) is 1.86. The summed E-state index contributed by atoms with van der Waals surface area (Å²) in [5, 5.41) is 6.12. The summed E-state index contributed by atoms with van der Waals surface area (Å²) in [6.07, 6.45) is 2.56. The normalized spacial score (nSPS) is 13.9. The van der Waals surface area contributed by atoms with Gasteiger partial charge in [-0.2, -0.15) is 0 Å². The lowest BCUT2D eigenvalue weighted by molar-refractivity contribution is -0.116. The van der Waals surface area contributed by atoms with E-state index in [2.05, 4.69) is 22.5 Å². The molecule has 1 aromatic rings. The molecule has 0 unspecified atom stereocenters. The Bertz CT molecular complexity index is 437. The largest absolute Gasteiger partial charge is 0.368 e. The van der Waals surface area contributed by atoms with E-state index in [1.54, 1.807) is 0 Å². The minimum absolute atomic E-state index is 0.0842. The number of carbonyl (C=O) groups is 1. The molecule has 0 saturated carbocycles. The number of aliphatic imine (C=N–C) groups is 1. The summed E-state index contributed by atoms with van der Waals surface area (Å²) in [6.45, 7) is 3.83. The monoisotopic (exact) mass is 245 g/mol. The molecule has 0 spiro atoms. The summed E-state index contributed by atoms with van der Waals surface area (Å²) in [6, 6.07) is 7.79. The van der Waals surface area contributed by atoms with Crippen molar-refractivity contribution in [1.29, 1.82) is 0 Å². The SMILES string of the molecule is CCCCC(=O)Nc1ccc(C2=NCCN2)cc1. The van der Waals surface area contributed by atoms with Crippen LogP contribution < -0.4 is 10.6 Å². The van der Waals surface area contributed by atoms with E-state index in [-0.39, 0.29) is 5.91 Å². The molecular weight excluding hydrogens is 226 g/mol. The summed E-state index contributed by atoms with van der Waals surface area (Å²) < 4.78 is 0. The molecule has 2 N–H and O–H groups in total. The van der Waals surface area contributed by atoms with Crippen LogP contribution in [0.3, 0.4) is 0 Å². The molecule has 1 amide bonds. The molecule has 1 aliphatic heterocycles. The molecule has 4 heteroatoms. The van der Waals surface area contributed by atoms with Crippen molar-refractivity contribution >= 4 is 17.4 Å². The van der Waals surface area contributed by atoms with Gasteiger partial charge >= 0.3 is 0 Å². The zero-order valence-electron chi connectivity index (χ0n) is 10.7. The van der Waals surface area contributed by atoms with Gasteiger partial charge in [0.05, 0.1) is 6.54 Å². The molecule has 0 bridgehead atoms. The van der Waals surface area contributed by atoms with Crippen molar-refractivity contribution in [2.24, 2.45) is 4.99 Å². The number of rotatable bonds is 5. The Morgan fingerprint density at radius 2 is 2.17 bits per heavy atom. The third-order valence-electron chi connectivity index (χ3n) is 2.87. The molecule has 0 atom stereocenters. The van der Waals surface area contributed by atoms with Gasteiger partial charge in [-0.1, -0.05) is 13.3 Å². The van der Waals surface area contributed by atoms with Gasteiger partial charge in [0.25, 0.3) is 0 Å². The van der Waals surface area contributed by atoms with Crippen molar-refractivity contribution in [3.8, 4) is 0 Å². The van der Waals surface area contributed by atoms with Crippen LogP contribution in [0.15, 0.2) is 29.3 Å². The molecule has 0 aromatic heterocycles. The number of amides is 1. The van der Waals surface area contributed by atoms with E-state index in [9.17, 15) is 4.79 Å². The Kier molecular flexibility index (Phi) is 4.34. The first-order chi connectivity index (χ1) is 8.79. The van der Waals surface area contributed by atoms with Crippen molar-refractivity contribution in [2.75, 3.05) is 18.4 Å². The average molecular weight is 245 g/mol. The Labute approximate surface area is 108 Å². The van der Waals surface area contributed by atoms with Gasteiger partial charge < -0.3 is 10.6 Å². The van der Waals surface area contributed by atoms with Crippen LogP contribution >= 0.6 is 0 Å². The number of benzene rings is 1. The lowest BCUT2D eigenvalue weighted by Gasteiger charge is -2.06. The molecule has 2 rings (SSSR count). The highest BCUT2D eigenvalue weighted by molar-refractivity contribution is 6.00. The van der Waals surface area contributed by atoms with Gasteiger partial charge in [-0.3, -0.25) is 9.79 Å². The number of unbranched alkanes of at least 4 members (excludes halogenated alkanes) is 1. The maximum absolute atomic E-state index is 11.6. The van der Waals surface area contributed by atoms with E-state index in [4.69, 9.17) is 0 Å². The lowest BCUT2D eigenvalue weighted by Crippen LogP contribution is -2.19. The number of anilines is 1. The number of carbonyl (C=O) groups excluding carboxylic acids is 1. The van der Waals surface area contributed by atoms with E-state index in [0.717, 1.165) is 43.0 Å². The van der Waals surface area contributed by atoms with E-state index in [1.165, 1.54) is 0 Å². The summed E-state index contributed by atoms with van der Waals surface area (Å²) in [5.74, 6) is 1.03. The number of amidine groups is 1. The third-order valence-corrected chi connectivity index (χ3v) is 2.87. The number of hydrogen-bond acceptors (Lipinski definition) is 3. The first-order valence-electron chi connectivity index (χ1n) is 6.48. The summed E-state index contributed by atoms with van der Waals surface area (Å²) in [5.41, 5.74) is 1.91. The van der Waals surface area contributed by atoms with Crippen molar-refractivity contribution in [3.63, 3.8) is 0 Å². The van der Waals surface area contributed by atoms with Crippen molar-refractivity contribution < 1.29 is 4.79 Å². The Balaban J connectivity index is 1.93. The summed E-state index contributed by atoms with van der Waals surface area (Å²) >= 11 is 0. The lowest BCUT2D eigenvalue weighted by atomic mass is 10.2. The van der Waals surface area contributed by atoms with Crippen LogP contribution in [0.4, 0.5) is 5.69 Å². The minimum Gasteiger partial charge on any atom is -0.368 e. The molecule has 1 aromatic carbocycles. The van der Waals surface area contributed by atoms with Gasteiger partial charge in [0.2, 0.25) is 5.91 Å². The third kappa shape index (κ3) is 3.32. The second-order valence-corrected chi connectivity index (χ2v) is 4.39. The molecule has 0 aliphatic carbocycles. The molecule has 18 heavy (non-hydrogen) atoms. The predicted octanol–water partition coefficient (Wildman–Crippen LogP) is 2.17. The van der Waals surface area contributed by atoms with Gasteiger partial charge in [0.1, 0.15) is 5.84 Å². The van der Waals surface area contributed by atoms with Crippen LogP contribution in [0.5, 0.6) is 0 Å². The highest BCUT2D eigenvalue weighted by Gasteiger charge is 2.07.